The largest absolute Gasteiger partial charge is 0.494 e. The molecule has 0 heterocycles. The van der Waals surface area contributed by atoms with Crippen molar-refractivity contribution in [3.63, 3.8) is 0 Å². The van der Waals surface area contributed by atoms with Crippen molar-refractivity contribution >= 4 is 23.2 Å². The normalized spacial score (nSPS) is 11.2. The van der Waals surface area contributed by atoms with Gasteiger partial charge in [-0.2, -0.15) is 5.10 Å². The van der Waals surface area contributed by atoms with Gasteiger partial charge in [-0.15, -0.1) is 0 Å². The maximum atomic E-state index is 11.9. The molecule has 0 radical (unpaired) electrons. The van der Waals surface area contributed by atoms with Crippen LogP contribution in [0.1, 0.15) is 25.0 Å². The van der Waals surface area contributed by atoms with Gasteiger partial charge in [-0.25, -0.2) is 5.43 Å². The molecule has 4 nitrogen and oxygen atoms in total. The lowest BCUT2D eigenvalue weighted by Gasteiger charge is -2.05. The molecule has 1 N–H and O–H groups in total. The van der Waals surface area contributed by atoms with Gasteiger partial charge in [0.15, 0.2) is 0 Å². The number of amides is 1. The summed E-state index contributed by atoms with van der Waals surface area (Å²) in [5.41, 5.74) is 5.12. The maximum Gasteiger partial charge on any atom is 0.244 e. The van der Waals surface area contributed by atoms with Gasteiger partial charge in [0.1, 0.15) is 5.75 Å². The Hall–Kier alpha value is -2.33. The number of carbonyl (C=O) groups excluding carboxylic acids is 1. The van der Waals surface area contributed by atoms with E-state index in [2.05, 4.69) is 10.5 Å². The summed E-state index contributed by atoms with van der Waals surface area (Å²) in [5.74, 6) is 0.647. The molecule has 0 unspecified atom stereocenters. The summed E-state index contributed by atoms with van der Waals surface area (Å²) >= 11 is 5.82. The van der Waals surface area contributed by atoms with Crippen molar-refractivity contribution in [1.29, 1.82) is 0 Å². The zero-order valence-electron chi connectivity index (χ0n) is 13.2. The van der Waals surface area contributed by atoms with Crippen LogP contribution in [-0.4, -0.2) is 18.2 Å². The quantitative estimate of drug-likeness (QED) is 0.646. The smallest absolute Gasteiger partial charge is 0.244 e. The highest BCUT2D eigenvalue weighted by atomic mass is 35.5. The first-order chi connectivity index (χ1) is 11.1. The molecule has 0 bridgehead atoms. The van der Waals surface area contributed by atoms with E-state index >= 15 is 0 Å². The molecule has 0 aliphatic heterocycles. The zero-order valence-corrected chi connectivity index (χ0v) is 13.9. The van der Waals surface area contributed by atoms with Crippen molar-refractivity contribution < 1.29 is 9.53 Å². The van der Waals surface area contributed by atoms with Crippen LogP contribution in [0.25, 0.3) is 0 Å². The second-order valence-corrected chi connectivity index (χ2v) is 5.43. The minimum Gasteiger partial charge on any atom is -0.494 e. The molecule has 0 aliphatic carbocycles. The Morgan fingerprint density at radius 1 is 1.13 bits per heavy atom. The van der Waals surface area contributed by atoms with Crippen LogP contribution < -0.4 is 10.2 Å². The standard InChI is InChI=1S/C18H19ClN2O2/c1-3-23-17-10-6-15(7-11-17)13(2)20-21-18(22)12-14-4-8-16(19)9-5-14/h4-11H,3,12H2,1-2H3,(H,21,22)/b20-13-. The summed E-state index contributed by atoms with van der Waals surface area (Å²) in [6.07, 6.45) is 0.261. The van der Waals surface area contributed by atoms with Gasteiger partial charge >= 0.3 is 0 Å². The van der Waals surface area contributed by atoms with Crippen LogP contribution >= 0.6 is 11.6 Å². The van der Waals surface area contributed by atoms with Gasteiger partial charge in [-0.1, -0.05) is 23.7 Å². The Morgan fingerprint density at radius 3 is 2.39 bits per heavy atom. The Kier molecular flexibility index (Phi) is 6.18. The fourth-order valence-electron chi connectivity index (χ4n) is 2.00. The van der Waals surface area contributed by atoms with Crippen molar-refractivity contribution in [2.45, 2.75) is 20.3 Å². The Morgan fingerprint density at radius 2 is 1.78 bits per heavy atom. The molecule has 23 heavy (non-hydrogen) atoms. The molecule has 2 aromatic rings. The van der Waals surface area contributed by atoms with Crippen LogP contribution in [0.5, 0.6) is 5.75 Å². The molecule has 0 saturated heterocycles. The second-order valence-electron chi connectivity index (χ2n) is 4.99. The highest BCUT2D eigenvalue weighted by Crippen LogP contribution is 2.13. The van der Waals surface area contributed by atoms with Crippen molar-refractivity contribution in [2.75, 3.05) is 6.61 Å². The van der Waals surface area contributed by atoms with Crippen LogP contribution in [0.15, 0.2) is 53.6 Å². The van der Waals surface area contributed by atoms with E-state index < -0.39 is 0 Å². The van der Waals surface area contributed by atoms with E-state index in [1.54, 1.807) is 12.1 Å². The molecule has 5 heteroatoms. The fourth-order valence-corrected chi connectivity index (χ4v) is 2.12. The first kappa shape index (κ1) is 17.0. The summed E-state index contributed by atoms with van der Waals surface area (Å²) in [7, 11) is 0. The fraction of sp³-hybridized carbons (Fsp3) is 0.222. The number of rotatable bonds is 6. The Bertz CT molecular complexity index is 679. The van der Waals surface area contributed by atoms with Crippen LogP contribution in [0.2, 0.25) is 5.02 Å². The first-order valence-electron chi connectivity index (χ1n) is 7.39. The third kappa shape index (κ3) is 5.42. The average Bonchev–Trinajstić information content (AvgIpc) is 2.56. The summed E-state index contributed by atoms with van der Waals surface area (Å²) in [6, 6.07) is 14.8. The molecule has 120 valence electrons. The zero-order chi connectivity index (χ0) is 16.7. The molecular formula is C18H19ClN2O2. The van der Waals surface area contributed by atoms with Crippen LogP contribution in [0.4, 0.5) is 0 Å². The topological polar surface area (TPSA) is 50.7 Å². The van der Waals surface area contributed by atoms with Gasteiger partial charge in [0, 0.05) is 5.02 Å². The maximum absolute atomic E-state index is 11.9. The van der Waals surface area contributed by atoms with Crippen molar-refractivity contribution in [1.82, 2.24) is 5.43 Å². The molecule has 0 fully saturated rings. The van der Waals surface area contributed by atoms with Crippen molar-refractivity contribution in [2.24, 2.45) is 5.10 Å². The molecular weight excluding hydrogens is 312 g/mol. The van der Waals surface area contributed by atoms with E-state index in [4.69, 9.17) is 16.3 Å². The minimum atomic E-state index is -0.169. The predicted octanol–water partition coefficient (Wildman–Crippen LogP) is 3.82. The van der Waals surface area contributed by atoms with Gasteiger partial charge in [-0.3, -0.25) is 4.79 Å². The van der Waals surface area contributed by atoms with Gasteiger partial charge in [0.05, 0.1) is 18.7 Å². The number of ether oxygens (including phenoxy) is 1. The van der Waals surface area contributed by atoms with E-state index in [1.165, 1.54) is 0 Å². The molecule has 0 saturated carbocycles. The lowest BCUT2D eigenvalue weighted by molar-refractivity contribution is -0.120. The predicted molar refractivity (Wildman–Crippen MR) is 93.1 cm³/mol. The van der Waals surface area contributed by atoms with E-state index in [9.17, 15) is 4.79 Å². The molecule has 0 spiro atoms. The summed E-state index contributed by atoms with van der Waals surface area (Å²) in [6.45, 7) is 4.42. The van der Waals surface area contributed by atoms with E-state index in [0.717, 1.165) is 22.6 Å². The van der Waals surface area contributed by atoms with E-state index in [0.29, 0.717) is 11.6 Å². The number of hydrogen-bond acceptors (Lipinski definition) is 3. The first-order valence-corrected chi connectivity index (χ1v) is 7.77. The lowest BCUT2D eigenvalue weighted by Crippen LogP contribution is -2.21. The minimum absolute atomic E-state index is 0.169. The Labute approximate surface area is 141 Å². The lowest BCUT2D eigenvalue weighted by atomic mass is 10.1. The number of hydrazone groups is 1. The third-order valence-electron chi connectivity index (χ3n) is 3.21. The molecule has 0 aromatic heterocycles. The SMILES string of the molecule is CCOc1ccc(/C(C)=N\NC(=O)Cc2ccc(Cl)cc2)cc1. The van der Waals surface area contributed by atoms with Gasteiger partial charge in [0.2, 0.25) is 5.91 Å². The number of benzene rings is 2. The number of hydrogen-bond donors (Lipinski definition) is 1. The molecule has 0 atom stereocenters. The van der Waals surface area contributed by atoms with Crippen molar-refractivity contribution in [3.05, 3.63) is 64.7 Å². The van der Waals surface area contributed by atoms with Gasteiger partial charge < -0.3 is 4.74 Å². The van der Waals surface area contributed by atoms with Gasteiger partial charge in [0.25, 0.3) is 0 Å². The highest BCUT2D eigenvalue weighted by molar-refractivity contribution is 6.30. The van der Waals surface area contributed by atoms with Gasteiger partial charge in [-0.05, 0) is 61.4 Å². The third-order valence-corrected chi connectivity index (χ3v) is 3.46. The summed E-state index contributed by atoms with van der Waals surface area (Å²) in [5, 5.41) is 4.79. The summed E-state index contributed by atoms with van der Waals surface area (Å²) in [4.78, 5) is 11.9. The average molecular weight is 331 g/mol. The molecule has 2 aromatic carbocycles. The highest BCUT2D eigenvalue weighted by Gasteiger charge is 2.04. The number of halogens is 1. The van der Waals surface area contributed by atoms with Crippen LogP contribution in [0.3, 0.4) is 0 Å². The van der Waals surface area contributed by atoms with E-state index in [-0.39, 0.29) is 12.3 Å². The number of nitrogens with zero attached hydrogens (tertiary/aromatic N) is 1. The molecule has 0 aliphatic rings. The molecule has 1 amide bonds. The van der Waals surface area contributed by atoms with Crippen molar-refractivity contribution in [3.8, 4) is 5.75 Å². The number of nitrogens with one attached hydrogen (secondary N) is 1. The summed E-state index contributed by atoms with van der Waals surface area (Å²) < 4.78 is 5.39. The second kappa shape index (κ2) is 8.34. The Balaban J connectivity index is 1.92. The number of carbonyl (C=O) groups is 1. The monoisotopic (exact) mass is 330 g/mol. The van der Waals surface area contributed by atoms with Crippen LogP contribution in [0, 0.1) is 0 Å². The van der Waals surface area contributed by atoms with Crippen LogP contribution in [-0.2, 0) is 11.2 Å². The molecule has 2 rings (SSSR count). The van der Waals surface area contributed by atoms with E-state index in [1.807, 2.05) is 50.2 Å².